The summed E-state index contributed by atoms with van der Waals surface area (Å²) >= 11 is 0. The molecule has 0 radical (unpaired) electrons. The minimum atomic E-state index is -4.56. The highest BCUT2D eigenvalue weighted by Gasteiger charge is 2.93. The normalized spacial score (nSPS) is 32.9. The number of aromatic nitrogens is 3. The number of nitrogens with two attached hydrogens (primary N) is 1. The van der Waals surface area contributed by atoms with Crippen LogP contribution in [0.1, 0.15) is 37.6 Å². The van der Waals surface area contributed by atoms with Crippen molar-refractivity contribution in [2.45, 2.75) is 43.9 Å². The molecule has 4 aliphatic carbocycles. The van der Waals surface area contributed by atoms with E-state index in [2.05, 4.69) is 33.2 Å². The molecule has 1 saturated heterocycles. The van der Waals surface area contributed by atoms with Gasteiger partial charge in [0.25, 0.3) is 0 Å². The third kappa shape index (κ3) is 3.07. The number of rotatable bonds is 6. The molecule has 2 aromatic rings. The molecule has 10 heteroatoms. The Morgan fingerprint density at radius 3 is 2.53 bits per heavy atom. The average molecular weight is 479 g/mol. The quantitative estimate of drug-likeness (QED) is 0.643. The maximum atomic E-state index is 13.4. The highest BCUT2D eigenvalue weighted by Crippen LogP contribution is 2.89. The summed E-state index contributed by atoms with van der Waals surface area (Å²) in [5, 5.41) is 0. The standard InChI is InChI=1S/C24H30F4N6/c1-13(2)22-31-17(14-9-16(24(26,27)28)21(29)30-11-14)12-34(22)23-15-10-18(20(23)19(15)23)33-7-5-32(4-3-25)6-8-33/h9,11-13,15,18-20H,3-8,10H2,1-2H3,(H2,29,30)/t15-,18?,19-,20?,23-/m1/s1. The molecule has 3 heterocycles. The average Bonchev–Trinajstić information content (AvgIpc) is 3.35. The maximum absolute atomic E-state index is 13.4. The van der Waals surface area contributed by atoms with Crippen LogP contribution in [-0.4, -0.2) is 69.8 Å². The lowest BCUT2D eigenvalue weighted by atomic mass is 10.1. The van der Waals surface area contributed by atoms with Crippen molar-refractivity contribution in [1.29, 1.82) is 0 Å². The minimum Gasteiger partial charge on any atom is -0.383 e. The van der Waals surface area contributed by atoms with Crippen LogP contribution < -0.4 is 5.73 Å². The molecule has 5 atom stereocenters. The van der Waals surface area contributed by atoms with Crippen molar-refractivity contribution in [3.8, 4) is 11.3 Å². The molecule has 184 valence electrons. The number of hydrogen-bond donors (Lipinski definition) is 1. The lowest BCUT2D eigenvalue weighted by Gasteiger charge is -2.38. The summed E-state index contributed by atoms with van der Waals surface area (Å²) in [4.78, 5) is 13.4. The van der Waals surface area contributed by atoms with Gasteiger partial charge in [0.15, 0.2) is 0 Å². The Morgan fingerprint density at radius 1 is 1.18 bits per heavy atom. The van der Waals surface area contributed by atoms with Crippen molar-refractivity contribution >= 4 is 5.82 Å². The molecule has 34 heavy (non-hydrogen) atoms. The Labute approximate surface area is 196 Å². The minimum absolute atomic E-state index is 0.0691. The summed E-state index contributed by atoms with van der Waals surface area (Å²) in [6.45, 7) is 8.13. The van der Waals surface area contributed by atoms with Gasteiger partial charge in [0, 0.05) is 68.6 Å². The molecular formula is C24H30F4N6. The third-order valence-corrected chi connectivity index (χ3v) is 8.64. The molecule has 6 nitrogen and oxygen atoms in total. The van der Waals surface area contributed by atoms with Crippen molar-refractivity contribution < 1.29 is 17.6 Å². The van der Waals surface area contributed by atoms with Crippen molar-refractivity contribution in [3.05, 3.63) is 29.8 Å². The predicted molar refractivity (Wildman–Crippen MR) is 120 cm³/mol. The fourth-order valence-electron chi connectivity index (χ4n) is 7.02. The number of alkyl halides is 4. The second kappa shape index (κ2) is 7.40. The number of nitrogens with zero attached hydrogens (tertiary/aromatic N) is 5. The zero-order valence-corrected chi connectivity index (χ0v) is 19.4. The van der Waals surface area contributed by atoms with Gasteiger partial charge in [-0.25, -0.2) is 14.4 Å². The van der Waals surface area contributed by atoms with Gasteiger partial charge in [-0.2, -0.15) is 13.2 Å². The van der Waals surface area contributed by atoms with Gasteiger partial charge in [0.05, 0.1) is 16.8 Å². The molecule has 2 bridgehead atoms. The second-order valence-corrected chi connectivity index (χ2v) is 10.6. The van der Waals surface area contributed by atoms with Crippen LogP contribution >= 0.6 is 0 Å². The Morgan fingerprint density at radius 2 is 1.91 bits per heavy atom. The summed E-state index contributed by atoms with van der Waals surface area (Å²) in [6, 6.07) is 1.59. The van der Waals surface area contributed by atoms with Gasteiger partial charge in [-0.1, -0.05) is 13.8 Å². The van der Waals surface area contributed by atoms with Crippen LogP contribution in [0.25, 0.3) is 11.3 Å². The first-order valence-electron chi connectivity index (χ1n) is 12.1. The fraction of sp³-hybridized carbons (Fsp3) is 0.667. The highest BCUT2D eigenvalue weighted by atomic mass is 19.4. The van der Waals surface area contributed by atoms with Gasteiger partial charge in [-0.15, -0.1) is 0 Å². The molecule has 4 saturated carbocycles. The number of anilines is 1. The molecular weight excluding hydrogens is 448 g/mol. The number of halogens is 4. The topological polar surface area (TPSA) is 63.2 Å². The zero-order chi connectivity index (χ0) is 24.0. The van der Waals surface area contributed by atoms with E-state index in [1.807, 2.05) is 6.20 Å². The number of imidazole rings is 1. The first kappa shape index (κ1) is 22.3. The molecule has 5 fully saturated rings. The molecule has 0 spiro atoms. The van der Waals surface area contributed by atoms with E-state index in [0.29, 0.717) is 41.6 Å². The van der Waals surface area contributed by atoms with Crippen LogP contribution in [0.2, 0.25) is 0 Å². The van der Waals surface area contributed by atoms with E-state index in [-0.39, 0.29) is 18.1 Å². The molecule has 0 aromatic carbocycles. The number of nitrogen functional groups attached to an aromatic ring is 1. The Bertz CT molecular complexity index is 1100. The SMILES string of the molecule is CC(C)c1nc(-c2cnc(N)c(C(F)(F)F)c2)cn1[C@]12C3C(N4CCN(CCF)CC4)C[C@@H]1[C@H]32. The van der Waals surface area contributed by atoms with Crippen LogP contribution in [0.3, 0.4) is 0 Å². The first-order valence-corrected chi connectivity index (χ1v) is 12.1. The van der Waals surface area contributed by atoms with Crippen molar-refractivity contribution in [3.63, 3.8) is 0 Å². The van der Waals surface area contributed by atoms with E-state index in [1.165, 1.54) is 6.20 Å². The van der Waals surface area contributed by atoms with E-state index < -0.39 is 17.6 Å². The van der Waals surface area contributed by atoms with E-state index in [9.17, 15) is 17.6 Å². The van der Waals surface area contributed by atoms with Crippen LogP contribution in [0.15, 0.2) is 18.5 Å². The van der Waals surface area contributed by atoms with Crippen LogP contribution in [0.4, 0.5) is 23.4 Å². The number of pyridine rings is 1. The number of piperazine rings is 1. The van der Waals surface area contributed by atoms with Crippen LogP contribution in [0.5, 0.6) is 0 Å². The van der Waals surface area contributed by atoms with E-state index in [1.54, 1.807) is 0 Å². The summed E-state index contributed by atoms with van der Waals surface area (Å²) in [5.41, 5.74) is 5.50. The van der Waals surface area contributed by atoms with Gasteiger partial charge in [-0.05, 0) is 24.3 Å². The first-order chi connectivity index (χ1) is 16.2. The van der Waals surface area contributed by atoms with Crippen molar-refractivity contribution in [2.75, 3.05) is 45.1 Å². The van der Waals surface area contributed by atoms with Crippen molar-refractivity contribution in [1.82, 2.24) is 24.3 Å². The monoisotopic (exact) mass is 478 g/mol. The lowest BCUT2D eigenvalue weighted by molar-refractivity contribution is -0.137. The molecule has 2 aromatic heterocycles. The second-order valence-electron chi connectivity index (χ2n) is 10.6. The van der Waals surface area contributed by atoms with Gasteiger partial charge in [-0.3, -0.25) is 9.80 Å². The van der Waals surface area contributed by atoms with Gasteiger partial charge >= 0.3 is 6.18 Å². The van der Waals surface area contributed by atoms with Gasteiger partial charge in [0.2, 0.25) is 0 Å². The molecule has 5 aliphatic rings. The summed E-state index contributed by atoms with van der Waals surface area (Å²) in [6.07, 6.45) is -0.0825. The molecule has 2 unspecified atom stereocenters. The number of hydrogen-bond acceptors (Lipinski definition) is 5. The summed E-state index contributed by atoms with van der Waals surface area (Å²) in [5.74, 6) is 2.37. The van der Waals surface area contributed by atoms with Gasteiger partial charge < -0.3 is 10.3 Å². The van der Waals surface area contributed by atoms with E-state index >= 15 is 0 Å². The summed E-state index contributed by atoms with van der Waals surface area (Å²) < 4.78 is 55.1. The zero-order valence-electron chi connectivity index (χ0n) is 19.4. The Balaban J connectivity index is 1.27. The lowest BCUT2D eigenvalue weighted by Crippen LogP contribution is -2.50. The van der Waals surface area contributed by atoms with Crippen LogP contribution in [-0.2, 0) is 11.7 Å². The van der Waals surface area contributed by atoms with Crippen molar-refractivity contribution in [2.24, 2.45) is 17.8 Å². The van der Waals surface area contributed by atoms with Crippen LogP contribution in [0, 0.1) is 17.8 Å². The highest BCUT2D eigenvalue weighted by molar-refractivity contribution is 5.63. The smallest absolute Gasteiger partial charge is 0.383 e. The number of fused-ring (bicyclic) bond motifs is 1. The molecule has 1 aliphatic heterocycles. The largest absolute Gasteiger partial charge is 0.419 e. The third-order valence-electron chi connectivity index (χ3n) is 8.64. The van der Waals surface area contributed by atoms with E-state index in [0.717, 1.165) is 44.5 Å². The Kier molecular flexibility index (Phi) is 4.85. The van der Waals surface area contributed by atoms with Gasteiger partial charge in [0.1, 0.15) is 18.3 Å². The summed E-state index contributed by atoms with van der Waals surface area (Å²) in [7, 11) is 0. The maximum Gasteiger partial charge on any atom is 0.419 e. The fourth-order valence-corrected chi connectivity index (χ4v) is 7.02. The van der Waals surface area contributed by atoms with E-state index in [4.69, 9.17) is 10.7 Å². The molecule has 7 rings (SSSR count). The Hall–Kier alpha value is -2.20. The molecule has 0 amide bonds. The molecule has 2 N–H and O–H groups in total. The predicted octanol–water partition coefficient (Wildman–Crippen LogP) is 3.60.